The second kappa shape index (κ2) is 15.5. The van der Waals surface area contributed by atoms with Gasteiger partial charge in [-0.1, -0.05) is 27.7 Å². The molecule has 0 spiro atoms. The number of fused-ring (bicyclic) bond motifs is 2. The van der Waals surface area contributed by atoms with Gasteiger partial charge in [0.1, 0.15) is 35.5 Å². The molecule has 1 saturated carbocycles. The fourth-order valence-electron chi connectivity index (χ4n) is 11.1. The Hall–Kier alpha value is -6.47. The number of imide groups is 2. The van der Waals surface area contributed by atoms with Gasteiger partial charge in [0.2, 0.25) is 5.91 Å². The normalized spacial score (nSPS) is 24.0. The van der Waals surface area contributed by atoms with Gasteiger partial charge >= 0.3 is 0 Å². The molecule has 62 heavy (non-hydrogen) atoms. The van der Waals surface area contributed by atoms with Crippen LogP contribution in [-0.4, -0.2) is 123 Å². The summed E-state index contributed by atoms with van der Waals surface area (Å²) in [6.45, 7) is 13.8. The highest BCUT2D eigenvalue weighted by Crippen LogP contribution is 2.59. The molecule has 16 heteroatoms. The molecule has 5 aliphatic rings. The van der Waals surface area contributed by atoms with Crippen LogP contribution in [0.15, 0.2) is 61.1 Å². The van der Waals surface area contributed by atoms with Crippen LogP contribution in [-0.2, 0) is 9.59 Å². The number of rotatable bonds is 9. The molecule has 2 aromatic heterocycles. The van der Waals surface area contributed by atoms with Crippen molar-refractivity contribution >= 4 is 51.9 Å². The largest absolute Gasteiger partial charge is 0.488 e. The maximum Gasteiger partial charge on any atom is 0.268 e. The Bertz CT molecular complexity index is 2520. The van der Waals surface area contributed by atoms with Gasteiger partial charge in [-0.2, -0.15) is 5.26 Å². The van der Waals surface area contributed by atoms with E-state index < -0.39 is 52.6 Å². The Balaban J connectivity index is 0.834. The molecule has 6 heterocycles. The van der Waals surface area contributed by atoms with E-state index in [1.807, 2.05) is 39.8 Å². The van der Waals surface area contributed by atoms with Crippen LogP contribution in [0.25, 0.3) is 10.9 Å². The Morgan fingerprint density at radius 2 is 1.56 bits per heavy atom. The third kappa shape index (κ3) is 6.79. The molecule has 0 radical (unpaired) electrons. The summed E-state index contributed by atoms with van der Waals surface area (Å²) in [6.07, 6.45) is 6.33. The molecule has 5 amide bonds. The number of carbonyl (C=O) groups excluding carboxylic acids is 5. The molecule has 2 N–H and O–H groups in total. The minimum Gasteiger partial charge on any atom is -0.488 e. The quantitative estimate of drug-likeness (QED) is 0.237. The van der Waals surface area contributed by atoms with Crippen molar-refractivity contribution in [2.45, 2.75) is 71.6 Å². The van der Waals surface area contributed by atoms with Crippen molar-refractivity contribution in [3.8, 4) is 11.8 Å². The summed E-state index contributed by atoms with van der Waals surface area (Å²) in [4.78, 5) is 89.9. The summed E-state index contributed by atoms with van der Waals surface area (Å²) in [5, 5.41) is 10.3. The highest BCUT2D eigenvalue weighted by atomic mass is 16.5. The summed E-state index contributed by atoms with van der Waals surface area (Å²) < 4.78 is 6.68. The van der Waals surface area contributed by atoms with E-state index in [0.29, 0.717) is 28.1 Å². The smallest absolute Gasteiger partial charge is 0.268 e. The molecule has 9 rings (SSSR count). The number of hydrogen-bond acceptors (Lipinski definition) is 13. The van der Waals surface area contributed by atoms with E-state index in [1.54, 1.807) is 42.7 Å². The van der Waals surface area contributed by atoms with Crippen LogP contribution in [0.1, 0.15) is 90.1 Å². The summed E-state index contributed by atoms with van der Waals surface area (Å²) >= 11 is 0. The van der Waals surface area contributed by atoms with E-state index in [9.17, 15) is 29.2 Å². The third-order valence-electron chi connectivity index (χ3n) is 13.8. The Morgan fingerprint density at radius 3 is 2.24 bits per heavy atom. The molecular formula is C46H50N10O6. The standard InChI is InChI=1S/C46H50N10O6/c1-45(2)43(46(3,4)44(45)62-35-11-7-28(23-47)38-31(35)6-5-15-49-38)56-37(57)12-10-34(42(56)61)55-40(59)30-9-8-29(22-32(30)41(55)60)53-20-18-52(19-21-53)26-27-13-16-54(17-14-27)36-25-50-33(24-51-36)39(48)58/h5-9,11,15,22,24-25,27,34,43-44H,10,12-14,16-21,26H2,1-4H3,(H2,48,58). The maximum atomic E-state index is 14.5. The number of amides is 5. The Kier molecular flexibility index (Phi) is 10.2. The highest BCUT2D eigenvalue weighted by molar-refractivity contribution is 6.23. The Morgan fingerprint density at radius 1 is 0.839 bits per heavy atom. The molecule has 3 saturated heterocycles. The lowest BCUT2D eigenvalue weighted by Gasteiger charge is -2.66. The van der Waals surface area contributed by atoms with Gasteiger partial charge < -0.3 is 20.3 Å². The summed E-state index contributed by atoms with van der Waals surface area (Å²) in [5.41, 5.74) is 6.38. The van der Waals surface area contributed by atoms with Crippen LogP contribution in [0.4, 0.5) is 11.5 Å². The van der Waals surface area contributed by atoms with E-state index in [4.69, 9.17) is 10.5 Å². The number of nitrogens with two attached hydrogens (primary N) is 1. The molecule has 2 aromatic carbocycles. The highest BCUT2D eigenvalue weighted by Gasteiger charge is 2.68. The molecule has 4 aromatic rings. The summed E-state index contributed by atoms with van der Waals surface area (Å²) in [6, 6.07) is 12.9. The number of benzene rings is 2. The molecule has 320 valence electrons. The topological polar surface area (TPSA) is 199 Å². The lowest BCUT2D eigenvalue weighted by Crippen LogP contribution is -2.77. The fraction of sp³-hybridized carbons (Fsp3) is 0.457. The van der Waals surface area contributed by atoms with Crippen molar-refractivity contribution in [3.63, 3.8) is 0 Å². The van der Waals surface area contributed by atoms with Gasteiger partial charge in [0, 0.05) is 80.3 Å². The van der Waals surface area contributed by atoms with Crippen LogP contribution in [0.5, 0.6) is 5.75 Å². The number of pyridine rings is 1. The van der Waals surface area contributed by atoms with Gasteiger partial charge in [-0.05, 0) is 67.6 Å². The minimum absolute atomic E-state index is 0.0133. The summed E-state index contributed by atoms with van der Waals surface area (Å²) in [5.74, 6) is -0.684. The predicted octanol–water partition coefficient (Wildman–Crippen LogP) is 4.03. The van der Waals surface area contributed by atoms with Crippen LogP contribution in [0.2, 0.25) is 0 Å². The number of aromatic nitrogens is 3. The number of nitrogens with zero attached hydrogens (tertiary/aromatic N) is 9. The van der Waals surface area contributed by atoms with E-state index >= 15 is 0 Å². The van der Waals surface area contributed by atoms with Crippen molar-refractivity contribution < 1.29 is 28.7 Å². The van der Waals surface area contributed by atoms with Crippen molar-refractivity contribution in [2.24, 2.45) is 22.5 Å². The second-order valence-electron chi connectivity index (χ2n) is 18.4. The number of anilines is 2. The molecule has 0 bridgehead atoms. The van der Waals surface area contributed by atoms with Gasteiger partial charge in [-0.25, -0.2) is 9.97 Å². The number of likely N-dealkylation sites (tertiary alicyclic amines) is 1. The predicted molar refractivity (Wildman–Crippen MR) is 228 cm³/mol. The lowest BCUT2D eigenvalue weighted by atomic mass is 9.48. The maximum absolute atomic E-state index is 14.5. The average molecular weight is 839 g/mol. The fourth-order valence-corrected chi connectivity index (χ4v) is 11.1. The molecular weight excluding hydrogens is 789 g/mol. The van der Waals surface area contributed by atoms with Crippen LogP contribution in [0.3, 0.4) is 0 Å². The molecule has 4 fully saturated rings. The van der Waals surface area contributed by atoms with Crippen LogP contribution >= 0.6 is 0 Å². The number of ether oxygens (including phenoxy) is 1. The zero-order valence-electron chi connectivity index (χ0n) is 35.4. The number of nitriles is 1. The first-order chi connectivity index (χ1) is 29.7. The van der Waals surface area contributed by atoms with Gasteiger partial charge in [-0.15, -0.1) is 0 Å². The van der Waals surface area contributed by atoms with Gasteiger partial charge in [-0.3, -0.25) is 43.7 Å². The molecule has 4 aliphatic heterocycles. The molecule has 1 aliphatic carbocycles. The molecule has 1 unspecified atom stereocenters. The van der Waals surface area contributed by atoms with Crippen molar-refractivity contribution in [1.29, 1.82) is 5.26 Å². The van der Waals surface area contributed by atoms with Crippen LogP contribution in [0, 0.1) is 28.1 Å². The number of piperidine rings is 2. The number of primary amides is 1. The van der Waals surface area contributed by atoms with E-state index in [0.717, 1.165) is 75.1 Å². The first-order valence-corrected chi connectivity index (χ1v) is 21.4. The number of hydrogen-bond donors (Lipinski definition) is 1. The lowest BCUT2D eigenvalue weighted by molar-refractivity contribution is -0.215. The third-order valence-corrected chi connectivity index (χ3v) is 13.8. The molecule has 16 nitrogen and oxygen atoms in total. The van der Waals surface area contributed by atoms with Crippen LogP contribution < -0.4 is 20.3 Å². The average Bonchev–Trinajstić information content (AvgIpc) is 3.52. The van der Waals surface area contributed by atoms with Gasteiger partial charge in [0.25, 0.3) is 23.6 Å². The van der Waals surface area contributed by atoms with Crippen molar-refractivity contribution in [2.75, 3.05) is 55.6 Å². The van der Waals surface area contributed by atoms with Gasteiger partial charge in [0.15, 0.2) is 0 Å². The monoisotopic (exact) mass is 838 g/mol. The molecule has 1 atom stereocenters. The second-order valence-corrected chi connectivity index (χ2v) is 18.4. The zero-order valence-corrected chi connectivity index (χ0v) is 35.4. The summed E-state index contributed by atoms with van der Waals surface area (Å²) in [7, 11) is 0. The van der Waals surface area contributed by atoms with E-state index in [2.05, 4.69) is 35.7 Å². The first kappa shape index (κ1) is 40.9. The van der Waals surface area contributed by atoms with Crippen molar-refractivity contribution in [3.05, 3.63) is 83.4 Å². The zero-order chi connectivity index (χ0) is 43.7. The first-order valence-electron chi connectivity index (χ1n) is 21.4. The number of piperazine rings is 1. The van der Waals surface area contributed by atoms with E-state index in [-0.39, 0.29) is 35.6 Å². The number of carbonyl (C=O) groups is 5. The minimum atomic E-state index is -1.12. The van der Waals surface area contributed by atoms with Crippen molar-refractivity contribution in [1.82, 2.24) is 29.7 Å². The SMILES string of the molecule is CC1(C)C(Oc2ccc(C#N)c3ncccc23)C(C)(C)C1N1C(=O)CCC(N2C(=O)c3ccc(N4CCN(CC5CCN(c6cnc(C(N)=O)cn6)CC5)CC4)cc3C2=O)C1=O. The van der Waals surface area contributed by atoms with Gasteiger partial charge in [0.05, 0.1) is 40.6 Å². The Labute approximate surface area is 359 Å². The van der Waals surface area contributed by atoms with E-state index in [1.165, 1.54) is 11.1 Å².